The number of nitrogens with one attached hydrogen (secondary N) is 1. The molecule has 0 saturated heterocycles. The van der Waals surface area contributed by atoms with E-state index in [4.69, 9.17) is 14.7 Å². The van der Waals surface area contributed by atoms with E-state index in [9.17, 15) is 10.1 Å². The Morgan fingerprint density at radius 3 is 2.33 bits per heavy atom. The first-order chi connectivity index (χ1) is 13.0. The Morgan fingerprint density at radius 2 is 1.67 bits per heavy atom. The third kappa shape index (κ3) is 2.46. The van der Waals surface area contributed by atoms with E-state index >= 15 is 0 Å². The van der Waals surface area contributed by atoms with Crippen molar-refractivity contribution in [2.45, 2.75) is 0 Å². The van der Waals surface area contributed by atoms with Gasteiger partial charge in [-0.1, -0.05) is 12.1 Å². The molecular weight excluding hydrogens is 480 g/mol. The van der Waals surface area contributed by atoms with Crippen LogP contribution < -0.4 is 10.1 Å². The Kier molecular flexibility index (Phi) is 3.56. The third-order valence-corrected chi connectivity index (χ3v) is 5.79. The highest BCUT2D eigenvalue weighted by Crippen LogP contribution is 2.52. The third-order valence-electron chi connectivity index (χ3n) is 4.28. The van der Waals surface area contributed by atoms with E-state index in [0.717, 1.165) is 11.0 Å². The monoisotopic (exact) mass is 486 g/mol. The molecule has 1 N–H and O–H groups in total. The Balaban J connectivity index is 1.77. The van der Waals surface area contributed by atoms with Crippen LogP contribution in [-0.4, -0.2) is 14.9 Å². The van der Waals surface area contributed by atoms with Crippen LogP contribution in [0.15, 0.2) is 51.4 Å². The van der Waals surface area contributed by atoms with Gasteiger partial charge in [-0.15, -0.1) is 0 Å². The molecule has 0 aliphatic carbocycles. The molecule has 1 aromatic heterocycles. The zero-order chi connectivity index (χ0) is 18.7. The van der Waals surface area contributed by atoms with Gasteiger partial charge in [-0.3, -0.25) is 10.1 Å². The molecule has 0 amide bonds. The Bertz CT molecular complexity index is 1290. The minimum Gasteiger partial charge on any atom is -0.452 e. The van der Waals surface area contributed by atoms with Crippen LogP contribution in [0.5, 0.6) is 11.5 Å². The number of aromatic nitrogens is 2. The van der Waals surface area contributed by atoms with Gasteiger partial charge in [-0.2, -0.15) is 0 Å². The van der Waals surface area contributed by atoms with Crippen molar-refractivity contribution in [3.63, 3.8) is 0 Å². The fourth-order valence-corrected chi connectivity index (χ4v) is 4.12. The zero-order valence-electron chi connectivity index (χ0n) is 13.4. The quantitative estimate of drug-likeness (QED) is 0.175. The second-order valence-corrected chi connectivity index (χ2v) is 7.49. The van der Waals surface area contributed by atoms with Gasteiger partial charge in [-0.05, 0) is 50.1 Å². The number of fused-ring (bicyclic) bond motifs is 4. The average Bonchev–Trinajstić information content (AvgIpc) is 2.69. The lowest BCUT2D eigenvalue weighted by molar-refractivity contribution is -0.384. The molecule has 4 aromatic rings. The van der Waals surface area contributed by atoms with Gasteiger partial charge in [0, 0.05) is 12.1 Å². The van der Waals surface area contributed by atoms with Crippen molar-refractivity contribution in [2.24, 2.45) is 0 Å². The average molecular weight is 488 g/mol. The molecule has 0 fully saturated rings. The van der Waals surface area contributed by atoms with Crippen LogP contribution >= 0.6 is 31.9 Å². The van der Waals surface area contributed by atoms with Gasteiger partial charge in [0.1, 0.15) is 11.0 Å². The fraction of sp³-hybridized carbons (Fsp3) is 0. The van der Waals surface area contributed by atoms with Gasteiger partial charge in [-0.25, -0.2) is 9.97 Å². The normalized spacial score (nSPS) is 12.2. The molecule has 3 aromatic carbocycles. The standard InChI is InChI=1S/C18H8Br2N4O3/c19-13-15-16(22-10-4-2-1-3-9(10)21-15)14(20)18-17(13)23-11-7-8(24(25)26)5-6-12(11)27-18/h1-7,23H. The van der Waals surface area contributed by atoms with Crippen molar-refractivity contribution in [1.82, 2.24) is 9.97 Å². The number of rotatable bonds is 1. The highest BCUT2D eigenvalue weighted by molar-refractivity contribution is 9.11. The summed E-state index contributed by atoms with van der Waals surface area (Å²) in [6.45, 7) is 0. The number of hydrogen-bond acceptors (Lipinski definition) is 6. The topological polar surface area (TPSA) is 90.2 Å². The first kappa shape index (κ1) is 16.4. The van der Waals surface area contributed by atoms with Crippen LogP contribution in [0.4, 0.5) is 17.1 Å². The summed E-state index contributed by atoms with van der Waals surface area (Å²) in [6, 6.07) is 12.0. The summed E-state index contributed by atoms with van der Waals surface area (Å²) in [5, 5.41) is 14.3. The first-order valence-electron chi connectivity index (χ1n) is 7.83. The summed E-state index contributed by atoms with van der Waals surface area (Å²) in [6.07, 6.45) is 0. The number of benzene rings is 3. The number of para-hydroxylation sites is 2. The van der Waals surface area contributed by atoms with Crippen molar-refractivity contribution < 1.29 is 9.66 Å². The molecular formula is C18H8Br2N4O3. The number of ether oxygens (including phenoxy) is 1. The van der Waals surface area contributed by atoms with Gasteiger partial charge >= 0.3 is 0 Å². The van der Waals surface area contributed by atoms with Crippen LogP contribution in [0.3, 0.4) is 0 Å². The number of halogens is 2. The summed E-state index contributed by atoms with van der Waals surface area (Å²) in [4.78, 5) is 20.0. The Morgan fingerprint density at radius 1 is 1.00 bits per heavy atom. The van der Waals surface area contributed by atoms with Crippen molar-refractivity contribution in [3.8, 4) is 11.5 Å². The predicted molar refractivity (Wildman–Crippen MR) is 109 cm³/mol. The number of non-ortho nitro benzene ring substituents is 1. The predicted octanol–water partition coefficient (Wildman–Crippen LogP) is 6.07. The Hall–Kier alpha value is -2.78. The van der Waals surface area contributed by atoms with Crippen molar-refractivity contribution in [2.75, 3.05) is 5.32 Å². The van der Waals surface area contributed by atoms with Gasteiger partial charge in [0.25, 0.3) is 5.69 Å². The maximum atomic E-state index is 11.1. The second kappa shape index (κ2) is 5.86. The lowest BCUT2D eigenvalue weighted by Crippen LogP contribution is -2.06. The minimum atomic E-state index is -0.444. The van der Waals surface area contributed by atoms with E-state index in [2.05, 4.69) is 37.2 Å². The van der Waals surface area contributed by atoms with Crippen molar-refractivity contribution in [1.29, 1.82) is 0 Å². The zero-order valence-corrected chi connectivity index (χ0v) is 16.5. The van der Waals surface area contributed by atoms with Gasteiger partial charge in [0.15, 0.2) is 11.5 Å². The minimum absolute atomic E-state index is 0.0185. The number of nitrogens with zero attached hydrogens (tertiary/aromatic N) is 3. The molecule has 1 aliphatic heterocycles. The van der Waals surface area contributed by atoms with Gasteiger partial charge < -0.3 is 10.1 Å². The molecule has 2 heterocycles. The van der Waals surface area contributed by atoms with Crippen LogP contribution in [0.25, 0.3) is 22.1 Å². The molecule has 0 saturated carbocycles. The Labute approximate surface area is 168 Å². The molecule has 0 bridgehead atoms. The highest BCUT2D eigenvalue weighted by Gasteiger charge is 2.27. The van der Waals surface area contributed by atoms with E-state index in [1.807, 2.05) is 24.3 Å². The molecule has 0 radical (unpaired) electrons. The van der Waals surface area contributed by atoms with Crippen LogP contribution in [0.1, 0.15) is 0 Å². The second-order valence-electron chi connectivity index (χ2n) is 5.91. The van der Waals surface area contributed by atoms with Crippen LogP contribution in [0, 0.1) is 10.1 Å². The summed E-state index contributed by atoms with van der Waals surface area (Å²) in [5.41, 5.74) is 3.98. The van der Waals surface area contributed by atoms with Gasteiger partial charge in [0.05, 0.1) is 36.3 Å². The molecule has 7 nitrogen and oxygen atoms in total. The largest absolute Gasteiger partial charge is 0.452 e. The van der Waals surface area contributed by atoms with Crippen molar-refractivity contribution in [3.05, 3.63) is 61.5 Å². The smallest absolute Gasteiger partial charge is 0.271 e. The molecule has 0 atom stereocenters. The highest BCUT2D eigenvalue weighted by atomic mass is 79.9. The number of anilines is 2. The molecule has 5 rings (SSSR count). The van der Waals surface area contributed by atoms with E-state index < -0.39 is 4.92 Å². The molecule has 0 unspecified atom stereocenters. The molecule has 9 heteroatoms. The fourth-order valence-electron chi connectivity index (χ4n) is 3.01. The lowest BCUT2D eigenvalue weighted by Gasteiger charge is -2.24. The van der Waals surface area contributed by atoms with E-state index in [1.165, 1.54) is 12.1 Å². The molecule has 1 aliphatic rings. The van der Waals surface area contributed by atoms with Crippen molar-refractivity contribution >= 4 is 71.0 Å². The molecule has 27 heavy (non-hydrogen) atoms. The SMILES string of the molecule is O=[N+]([O-])c1ccc2c(c1)Nc1c(c(Br)c3nc4ccccc4nc3c1Br)O2. The van der Waals surface area contributed by atoms with Crippen LogP contribution in [-0.2, 0) is 0 Å². The van der Waals surface area contributed by atoms with Gasteiger partial charge in [0.2, 0.25) is 0 Å². The molecule has 132 valence electrons. The van der Waals surface area contributed by atoms with E-state index in [-0.39, 0.29) is 5.69 Å². The van der Waals surface area contributed by atoms with E-state index in [1.54, 1.807) is 6.07 Å². The summed E-state index contributed by atoms with van der Waals surface area (Å²) < 4.78 is 7.34. The lowest BCUT2D eigenvalue weighted by atomic mass is 10.1. The first-order valence-corrected chi connectivity index (χ1v) is 9.42. The maximum absolute atomic E-state index is 11.1. The number of nitro groups is 1. The number of hydrogen-bond donors (Lipinski definition) is 1. The van der Waals surface area contributed by atoms with Crippen LogP contribution in [0.2, 0.25) is 0 Å². The maximum Gasteiger partial charge on any atom is 0.271 e. The van der Waals surface area contributed by atoms with E-state index in [0.29, 0.717) is 42.9 Å². The summed E-state index contributed by atoms with van der Waals surface area (Å²) in [7, 11) is 0. The summed E-state index contributed by atoms with van der Waals surface area (Å²) in [5.74, 6) is 1.04. The summed E-state index contributed by atoms with van der Waals surface area (Å²) >= 11 is 7.17. The number of nitro benzene ring substituents is 1. The molecule has 0 spiro atoms.